The number of hydrogen-bond acceptors (Lipinski definition) is 4. The van der Waals surface area contributed by atoms with Crippen LogP contribution in [0.3, 0.4) is 0 Å². The van der Waals surface area contributed by atoms with Gasteiger partial charge < -0.3 is 25.0 Å². The number of methoxy groups -OCH3 is 1. The Labute approximate surface area is 191 Å². The Hall–Kier alpha value is -3.22. The minimum atomic E-state index is -0.0316. The molecule has 0 spiro atoms. The topological polar surface area (TPSA) is 75.2 Å². The van der Waals surface area contributed by atoms with Crippen molar-refractivity contribution in [3.05, 3.63) is 59.7 Å². The maximum absolute atomic E-state index is 11.9. The largest absolute Gasteiger partial charge is 0.493 e. The van der Waals surface area contributed by atoms with Crippen LogP contribution in [0.1, 0.15) is 24.5 Å². The first-order valence-corrected chi connectivity index (χ1v) is 11.1. The van der Waals surface area contributed by atoms with Crippen molar-refractivity contribution in [3.8, 4) is 11.5 Å². The lowest BCUT2D eigenvalue weighted by Gasteiger charge is -2.14. The second-order valence-electron chi connectivity index (χ2n) is 7.56. The average molecular weight is 441 g/mol. The van der Waals surface area contributed by atoms with Gasteiger partial charge in [0.2, 0.25) is 5.91 Å². The third-order valence-electron chi connectivity index (χ3n) is 4.88. The first kappa shape index (κ1) is 25.0. The molecule has 0 aliphatic carbocycles. The molecule has 0 saturated carbocycles. The molecule has 1 amide bonds. The second kappa shape index (κ2) is 14.0. The Kier molecular flexibility index (Phi) is 10.9. The van der Waals surface area contributed by atoms with E-state index in [1.165, 1.54) is 11.1 Å². The van der Waals surface area contributed by atoms with Crippen molar-refractivity contribution in [1.29, 1.82) is 0 Å². The molecule has 0 fully saturated rings. The van der Waals surface area contributed by atoms with Crippen LogP contribution in [0, 0.1) is 0 Å². The van der Waals surface area contributed by atoms with E-state index in [4.69, 9.17) is 9.47 Å². The van der Waals surface area contributed by atoms with E-state index in [-0.39, 0.29) is 12.5 Å². The molecular formula is C25H36N4O3. The Bertz CT molecular complexity index is 854. The number of likely N-dealkylation sites (N-methyl/N-ethyl adjacent to an activating group) is 1. The molecule has 0 aliphatic heterocycles. The molecule has 2 N–H and O–H groups in total. The molecule has 2 rings (SSSR count). The lowest BCUT2D eigenvalue weighted by molar-refractivity contribution is -0.127. The number of guanidine groups is 1. The summed E-state index contributed by atoms with van der Waals surface area (Å²) in [5.41, 5.74) is 2.45. The van der Waals surface area contributed by atoms with Gasteiger partial charge in [0, 0.05) is 27.2 Å². The lowest BCUT2D eigenvalue weighted by Crippen LogP contribution is -2.40. The fourth-order valence-electron chi connectivity index (χ4n) is 3.08. The summed E-state index contributed by atoms with van der Waals surface area (Å²) in [5.74, 6) is 2.14. The van der Waals surface area contributed by atoms with Crippen molar-refractivity contribution in [3.63, 3.8) is 0 Å². The summed E-state index contributed by atoms with van der Waals surface area (Å²) in [6.07, 6.45) is 2.69. The second-order valence-corrected chi connectivity index (χ2v) is 7.56. The Balaban J connectivity index is 1.87. The molecule has 0 heterocycles. The van der Waals surface area contributed by atoms with Crippen LogP contribution < -0.4 is 20.1 Å². The number of nitrogens with zero attached hydrogens (tertiary/aromatic N) is 2. The number of benzene rings is 2. The highest BCUT2D eigenvalue weighted by molar-refractivity contribution is 5.84. The van der Waals surface area contributed by atoms with Crippen molar-refractivity contribution in [2.24, 2.45) is 4.99 Å². The first-order chi connectivity index (χ1) is 15.5. The molecule has 7 heteroatoms. The van der Waals surface area contributed by atoms with Crippen molar-refractivity contribution in [2.75, 3.05) is 47.4 Å². The predicted molar refractivity (Wildman–Crippen MR) is 130 cm³/mol. The average Bonchev–Trinajstić information content (AvgIpc) is 2.80. The van der Waals surface area contributed by atoms with Crippen molar-refractivity contribution in [2.45, 2.75) is 26.2 Å². The number of amides is 1. The van der Waals surface area contributed by atoms with Gasteiger partial charge in [-0.3, -0.25) is 4.79 Å². The minimum absolute atomic E-state index is 0.0316. The zero-order valence-corrected chi connectivity index (χ0v) is 19.7. The summed E-state index contributed by atoms with van der Waals surface area (Å²) in [6.45, 7) is 4.15. The molecule has 0 saturated heterocycles. The third-order valence-corrected chi connectivity index (χ3v) is 4.88. The standard InChI is InChI=1S/C25H36N4O3/c1-5-32-23-18-21(13-14-22(23)31-4)12-9-16-26-25(28-19-24(30)29(2)3)27-17-15-20-10-7-6-8-11-20/h6-8,10-11,13-14,18H,5,9,12,15-17,19H2,1-4H3,(H2,26,27,28). The third kappa shape index (κ3) is 8.88. The van der Waals surface area contributed by atoms with E-state index < -0.39 is 0 Å². The van der Waals surface area contributed by atoms with Crippen LogP contribution in [-0.2, 0) is 17.6 Å². The number of hydrogen-bond donors (Lipinski definition) is 2. The van der Waals surface area contributed by atoms with Gasteiger partial charge in [-0.2, -0.15) is 0 Å². The molecule has 0 atom stereocenters. The van der Waals surface area contributed by atoms with Crippen LogP contribution in [0.5, 0.6) is 11.5 Å². The van der Waals surface area contributed by atoms with E-state index in [0.717, 1.165) is 43.9 Å². The van der Waals surface area contributed by atoms with E-state index in [1.54, 1.807) is 26.1 Å². The van der Waals surface area contributed by atoms with Gasteiger partial charge in [-0.15, -0.1) is 0 Å². The molecule has 0 unspecified atom stereocenters. The zero-order valence-electron chi connectivity index (χ0n) is 19.7. The van der Waals surface area contributed by atoms with E-state index in [1.807, 2.05) is 37.3 Å². The highest BCUT2D eigenvalue weighted by atomic mass is 16.5. The fourth-order valence-corrected chi connectivity index (χ4v) is 3.08. The maximum Gasteiger partial charge on any atom is 0.243 e. The molecule has 0 bridgehead atoms. The van der Waals surface area contributed by atoms with Crippen molar-refractivity contribution in [1.82, 2.24) is 15.5 Å². The number of nitrogens with one attached hydrogen (secondary N) is 2. The number of carbonyl (C=O) groups excluding carboxylic acids is 1. The van der Waals surface area contributed by atoms with Gasteiger partial charge in [-0.25, -0.2) is 4.99 Å². The molecule has 0 aliphatic rings. The number of aryl methyl sites for hydroxylation is 1. The van der Waals surface area contributed by atoms with E-state index in [9.17, 15) is 4.79 Å². The molecule has 2 aromatic carbocycles. The van der Waals surface area contributed by atoms with Crippen LogP contribution in [-0.4, -0.2) is 64.2 Å². The molecule has 2 aromatic rings. The van der Waals surface area contributed by atoms with E-state index >= 15 is 0 Å². The van der Waals surface area contributed by atoms with Crippen LogP contribution in [0.25, 0.3) is 0 Å². The normalized spacial score (nSPS) is 11.1. The summed E-state index contributed by atoms with van der Waals surface area (Å²) < 4.78 is 11.0. The van der Waals surface area contributed by atoms with Gasteiger partial charge in [0.1, 0.15) is 6.54 Å². The Morgan fingerprint density at radius 3 is 2.41 bits per heavy atom. The predicted octanol–water partition coefficient (Wildman–Crippen LogP) is 2.89. The molecule has 0 radical (unpaired) electrons. The van der Waals surface area contributed by atoms with E-state index in [2.05, 4.69) is 33.8 Å². The minimum Gasteiger partial charge on any atom is -0.493 e. The SMILES string of the molecule is CCOc1cc(CCCNC(=NCC(=O)N(C)C)NCCc2ccccc2)ccc1OC. The van der Waals surface area contributed by atoms with Crippen LogP contribution >= 0.6 is 0 Å². The summed E-state index contributed by atoms with van der Waals surface area (Å²) >= 11 is 0. The molecule has 32 heavy (non-hydrogen) atoms. The molecule has 7 nitrogen and oxygen atoms in total. The highest BCUT2D eigenvalue weighted by Crippen LogP contribution is 2.28. The number of rotatable bonds is 12. The quantitative estimate of drug-likeness (QED) is 0.302. The molecule has 174 valence electrons. The lowest BCUT2D eigenvalue weighted by atomic mass is 10.1. The molecular weight excluding hydrogens is 404 g/mol. The first-order valence-electron chi connectivity index (χ1n) is 11.1. The van der Waals surface area contributed by atoms with E-state index in [0.29, 0.717) is 12.6 Å². The molecule has 0 aromatic heterocycles. The van der Waals surface area contributed by atoms with Crippen LogP contribution in [0.4, 0.5) is 0 Å². The summed E-state index contributed by atoms with van der Waals surface area (Å²) in [5, 5.41) is 6.68. The zero-order chi connectivity index (χ0) is 23.2. The van der Waals surface area contributed by atoms with Crippen molar-refractivity contribution < 1.29 is 14.3 Å². The number of carbonyl (C=O) groups is 1. The number of aliphatic imine (C=N–C) groups is 1. The van der Waals surface area contributed by atoms with Gasteiger partial charge in [0.05, 0.1) is 13.7 Å². The number of ether oxygens (including phenoxy) is 2. The van der Waals surface area contributed by atoms with Gasteiger partial charge in [0.25, 0.3) is 0 Å². The van der Waals surface area contributed by atoms with Gasteiger partial charge in [-0.1, -0.05) is 36.4 Å². The Morgan fingerprint density at radius 2 is 1.72 bits per heavy atom. The van der Waals surface area contributed by atoms with Crippen LogP contribution in [0.2, 0.25) is 0 Å². The van der Waals surface area contributed by atoms with Gasteiger partial charge in [0.15, 0.2) is 17.5 Å². The Morgan fingerprint density at radius 1 is 0.969 bits per heavy atom. The summed E-state index contributed by atoms with van der Waals surface area (Å²) in [7, 11) is 5.12. The monoisotopic (exact) mass is 440 g/mol. The van der Waals surface area contributed by atoms with Gasteiger partial charge in [-0.05, 0) is 49.4 Å². The fraction of sp³-hybridized carbons (Fsp3) is 0.440. The maximum atomic E-state index is 11.9. The van der Waals surface area contributed by atoms with Crippen LogP contribution in [0.15, 0.2) is 53.5 Å². The summed E-state index contributed by atoms with van der Waals surface area (Å²) in [4.78, 5) is 17.9. The van der Waals surface area contributed by atoms with Crippen molar-refractivity contribution >= 4 is 11.9 Å². The highest BCUT2D eigenvalue weighted by Gasteiger charge is 2.07. The summed E-state index contributed by atoms with van der Waals surface area (Å²) in [6, 6.07) is 16.3. The van der Waals surface area contributed by atoms with Gasteiger partial charge >= 0.3 is 0 Å². The smallest absolute Gasteiger partial charge is 0.243 e.